The zero-order valence-electron chi connectivity index (χ0n) is 17.7. The van der Waals surface area contributed by atoms with Crippen LogP contribution in [0, 0.1) is 17.4 Å². The van der Waals surface area contributed by atoms with Crippen molar-refractivity contribution in [3.8, 4) is 11.4 Å². The summed E-state index contributed by atoms with van der Waals surface area (Å²) in [4.78, 5) is 27.4. The van der Waals surface area contributed by atoms with Crippen molar-refractivity contribution < 1.29 is 14.3 Å². The van der Waals surface area contributed by atoms with Gasteiger partial charge in [0.05, 0.1) is 12.8 Å². The van der Waals surface area contributed by atoms with Gasteiger partial charge in [-0.2, -0.15) is 0 Å². The molecule has 0 saturated carbocycles. The Morgan fingerprint density at radius 1 is 1.06 bits per heavy atom. The molecule has 1 aliphatic heterocycles. The Morgan fingerprint density at radius 3 is 2.44 bits per heavy atom. The van der Waals surface area contributed by atoms with Crippen LogP contribution in [-0.2, 0) is 9.59 Å². The van der Waals surface area contributed by atoms with Crippen LogP contribution in [0.5, 0.6) is 5.75 Å². The van der Waals surface area contributed by atoms with E-state index >= 15 is 0 Å². The molecule has 2 aromatic carbocycles. The predicted octanol–water partition coefficient (Wildman–Crippen LogP) is 4.54. The minimum Gasteiger partial charge on any atom is -0.495 e. The molecule has 1 saturated heterocycles. The monoisotopic (exact) mass is 557 g/mol. The molecule has 1 N–H and O–H groups in total. The topological polar surface area (TPSA) is 63.6 Å². The highest BCUT2D eigenvalue weighted by molar-refractivity contribution is 14.1. The first-order valence-corrected chi connectivity index (χ1v) is 11.3. The lowest BCUT2D eigenvalue weighted by atomic mass is 10.1. The number of carbonyl (C=O) groups excluding carboxylic acids is 2. The molecule has 0 bridgehead atoms. The van der Waals surface area contributed by atoms with Crippen molar-refractivity contribution in [2.75, 3.05) is 12.0 Å². The van der Waals surface area contributed by atoms with Crippen LogP contribution in [0.1, 0.15) is 17.0 Å². The van der Waals surface area contributed by atoms with Gasteiger partial charge in [0.15, 0.2) is 5.11 Å². The second kappa shape index (κ2) is 8.87. The zero-order chi connectivity index (χ0) is 23.0. The fourth-order valence-electron chi connectivity index (χ4n) is 3.77. The normalized spacial score (nSPS) is 15.3. The zero-order valence-corrected chi connectivity index (χ0v) is 20.7. The molecular weight excluding hydrogens is 537 g/mol. The number of ether oxygens (including phenoxy) is 1. The average Bonchev–Trinajstić information content (AvgIpc) is 3.05. The molecule has 1 aliphatic rings. The number of benzene rings is 2. The van der Waals surface area contributed by atoms with Gasteiger partial charge >= 0.3 is 0 Å². The Bertz CT molecular complexity index is 1280. The number of nitrogens with zero attached hydrogens (tertiary/aromatic N) is 2. The van der Waals surface area contributed by atoms with E-state index in [2.05, 4.69) is 32.5 Å². The third-order valence-corrected chi connectivity index (χ3v) is 6.29. The smallest absolute Gasteiger partial charge is 0.270 e. The lowest BCUT2D eigenvalue weighted by Crippen LogP contribution is -2.54. The van der Waals surface area contributed by atoms with Crippen LogP contribution in [0.2, 0.25) is 0 Å². The fraction of sp³-hybridized carbons (Fsp3) is 0.125. The second-order valence-electron chi connectivity index (χ2n) is 7.27. The summed E-state index contributed by atoms with van der Waals surface area (Å²) in [6, 6.07) is 17.2. The number of hydrogen-bond donors (Lipinski definition) is 1. The lowest BCUT2D eigenvalue weighted by Gasteiger charge is -2.29. The van der Waals surface area contributed by atoms with Gasteiger partial charge in [0.25, 0.3) is 11.8 Å². The molecule has 2 heterocycles. The lowest BCUT2D eigenvalue weighted by molar-refractivity contribution is -0.122. The number of rotatable bonds is 4. The molecule has 162 valence electrons. The van der Waals surface area contributed by atoms with Crippen LogP contribution in [-0.4, -0.2) is 28.6 Å². The Morgan fingerprint density at radius 2 is 1.75 bits per heavy atom. The molecule has 0 aliphatic carbocycles. The van der Waals surface area contributed by atoms with Crippen molar-refractivity contribution in [3.63, 3.8) is 0 Å². The van der Waals surface area contributed by atoms with Gasteiger partial charge in [-0.3, -0.25) is 14.9 Å². The standard InChI is InChI=1S/C24H20IN3O3S/c1-14-12-16(15(2)27(14)18-10-8-17(25)9-11-18)13-19-22(29)26-24(32)28(23(19)30)20-6-4-5-7-21(20)31-3/h4-13H,1-3H3,(H,26,29,32)/b19-13-. The van der Waals surface area contributed by atoms with E-state index in [1.807, 2.05) is 44.2 Å². The summed E-state index contributed by atoms with van der Waals surface area (Å²) in [6.07, 6.45) is 1.62. The van der Waals surface area contributed by atoms with Gasteiger partial charge in [-0.1, -0.05) is 12.1 Å². The maximum absolute atomic E-state index is 13.4. The third kappa shape index (κ3) is 3.95. The highest BCUT2D eigenvalue weighted by atomic mass is 127. The minimum absolute atomic E-state index is 0.00682. The number of thiocarbonyl (C=S) groups is 1. The van der Waals surface area contributed by atoms with Crippen LogP contribution in [0.15, 0.2) is 60.2 Å². The van der Waals surface area contributed by atoms with Gasteiger partial charge in [-0.15, -0.1) is 0 Å². The number of carbonyl (C=O) groups is 2. The first kappa shape index (κ1) is 22.2. The fourth-order valence-corrected chi connectivity index (χ4v) is 4.40. The number of nitrogens with one attached hydrogen (secondary N) is 1. The van der Waals surface area contributed by atoms with E-state index in [1.54, 1.807) is 30.3 Å². The largest absolute Gasteiger partial charge is 0.495 e. The van der Waals surface area contributed by atoms with Gasteiger partial charge in [0, 0.05) is 20.6 Å². The Hall–Kier alpha value is -2.98. The summed E-state index contributed by atoms with van der Waals surface area (Å²) in [6.45, 7) is 3.96. The van der Waals surface area contributed by atoms with Crippen molar-refractivity contribution in [1.82, 2.24) is 9.88 Å². The molecule has 6 nitrogen and oxygen atoms in total. The van der Waals surface area contributed by atoms with Crippen LogP contribution in [0.4, 0.5) is 5.69 Å². The average molecular weight is 557 g/mol. The molecule has 8 heteroatoms. The number of aromatic nitrogens is 1. The Labute approximate surface area is 205 Å². The van der Waals surface area contributed by atoms with E-state index in [-0.39, 0.29) is 10.7 Å². The maximum Gasteiger partial charge on any atom is 0.270 e. The number of para-hydroxylation sites is 2. The van der Waals surface area contributed by atoms with Crippen LogP contribution < -0.4 is 15.0 Å². The summed E-state index contributed by atoms with van der Waals surface area (Å²) in [5, 5.41) is 2.64. The number of halogens is 1. The summed E-state index contributed by atoms with van der Waals surface area (Å²) >= 11 is 7.57. The van der Waals surface area contributed by atoms with Crippen molar-refractivity contribution >= 4 is 63.5 Å². The molecule has 0 unspecified atom stereocenters. The quantitative estimate of drug-likeness (QED) is 0.222. The van der Waals surface area contributed by atoms with Crippen molar-refractivity contribution in [2.24, 2.45) is 0 Å². The molecule has 32 heavy (non-hydrogen) atoms. The molecule has 0 spiro atoms. The molecule has 0 atom stereocenters. The highest BCUT2D eigenvalue weighted by Gasteiger charge is 2.36. The van der Waals surface area contributed by atoms with Crippen molar-refractivity contribution in [2.45, 2.75) is 13.8 Å². The number of anilines is 1. The summed E-state index contributed by atoms with van der Waals surface area (Å²) in [7, 11) is 1.52. The van der Waals surface area contributed by atoms with E-state index in [4.69, 9.17) is 17.0 Å². The predicted molar refractivity (Wildman–Crippen MR) is 137 cm³/mol. The summed E-state index contributed by atoms with van der Waals surface area (Å²) in [5.74, 6) is -0.539. The first-order valence-electron chi connectivity index (χ1n) is 9.81. The van der Waals surface area contributed by atoms with Crippen LogP contribution in [0.25, 0.3) is 11.8 Å². The number of amides is 2. The van der Waals surface area contributed by atoms with E-state index in [9.17, 15) is 9.59 Å². The SMILES string of the molecule is COc1ccccc1N1C(=O)/C(=C\c2cc(C)n(-c3ccc(I)cc3)c2C)C(=O)NC1=S. The minimum atomic E-state index is -0.523. The second-order valence-corrected chi connectivity index (χ2v) is 8.90. The van der Waals surface area contributed by atoms with Crippen molar-refractivity contribution in [1.29, 1.82) is 0 Å². The molecule has 2 amide bonds. The van der Waals surface area contributed by atoms with E-state index < -0.39 is 11.8 Å². The molecule has 3 aromatic rings. The molecule has 4 rings (SSSR count). The molecule has 1 fully saturated rings. The highest BCUT2D eigenvalue weighted by Crippen LogP contribution is 2.31. The van der Waals surface area contributed by atoms with Gasteiger partial charge in [-0.25, -0.2) is 4.90 Å². The first-order chi connectivity index (χ1) is 15.3. The van der Waals surface area contributed by atoms with E-state index in [1.165, 1.54) is 12.0 Å². The van der Waals surface area contributed by atoms with Crippen LogP contribution >= 0.6 is 34.8 Å². The van der Waals surface area contributed by atoms with Gasteiger partial charge < -0.3 is 9.30 Å². The van der Waals surface area contributed by atoms with E-state index in [0.29, 0.717) is 11.4 Å². The maximum atomic E-state index is 13.4. The van der Waals surface area contributed by atoms with Gasteiger partial charge in [0.2, 0.25) is 0 Å². The number of hydrogen-bond acceptors (Lipinski definition) is 4. The Balaban J connectivity index is 1.77. The van der Waals surface area contributed by atoms with Gasteiger partial charge in [0.1, 0.15) is 11.3 Å². The summed E-state index contributed by atoms with van der Waals surface area (Å²) in [5.41, 5.74) is 4.20. The van der Waals surface area contributed by atoms with Gasteiger partial charge in [-0.05, 0) is 103 Å². The number of methoxy groups -OCH3 is 1. The Kier molecular flexibility index (Phi) is 6.16. The molecular formula is C24H20IN3O3S. The van der Waals surface area contributed by atoms with Crippen molar-refractivity contribution in [3.05, 3.63) is 80.7 Å². The molecule has 1 aromatic heterocycles. The summed E-state index contributed by atoms with van der Waals surface area (Å²) < 4.78 is 8.62. The molecule has 0 radical (unpaired) electrons. The van der Waals surface area contributed by atoms with Crippen LogP contribution in [0.3, 0.4) is 0 Å². The third-order valence-electron chi connectivity index (χ3n) is 5.28. The number of aryl methyl sites for hydroxylation is 1. The van der Waals surface area contributed by atoms with E-state index in [0.717, 1.165) is 26.2 Å².